The van der Waals surface area contributed by atoms with Gasteiger partial charge in [-0.25, -0.2) is 13.1 Å². The summed E-state index contributed by atoms with van der Waals surface area (Å²) in [5.74, 6) is 0.262. The summed E-state index contributed by atoms with van der Waals surface area (Å²) < 4.78 is 37.5. The SMILES string of the molecule is COCC(C)CNS(=O)(=O)c1cc(Cl)cc(CN)c1OC. The first-order valence-corrected chi connectivity index (χ1v) is 8.26. The molecule has 0 aliphatic carbocycles. The Morgan fingerprint density at radius 1 is 1.38 bits per heavy atom. The minimum Gasteiger partial charge on any atom is -0.495 e. The number of hydrogen-bond acceptors (Lipinski definition) is 5. The van der Waals surface area contributed by atoms with E-state index < -0.39 is 10.0 Å². The first-order valence-electron chi connectivity index (χ1n) is 6.40. The maximum absolute atomic E-state index is 12.4. The second-order valence-corrected chi connectivity index (χ2v) is 6.88. The molecule has 0 aromatic heterocycles. The fraction of sp³-hybridized carbons (Fsp3) is 0.538. The van der Waals surface area contributed by atoms with Crippen LogP contribution in [0.2, 0.25) is 5.02 Å². The summed E-state index contributed by atoms with van der Waals surface area (Å²) in [6, 6.07) is 2.94. The zero-order valence-electron chi connectivity index (χ0n) is 12.3. The lowest BCUT2D eigenvalue weighted by Crippen LogP contribution is -2.30. The van der Waals surface area contributed by atoms with Crippen LogP contribution in [-0.2, 0) is 21.3 Å². The van der Waals surface area contributed by atoms with Gasteiger partial charge in [0.1, 0.15) is 10.6 Å². The van der Waals surface area contributed by atoms with E-state index in [9.17, 15) is 8.42 Å². The van der Waals surface area contributed by atoms with Crippen LogP contribution in [-0.4, -0.2) is 35.8 Å². The van der Waals surface area contributed by atoms with Crippen LogP contribution in [0.25, 0.3) is 0 Å². The van der Waals surface area contributed by atoms with Gasteiger partial charge in [-0.3, -0.25) is 0 Å². The van der Waals surface area contributed by atoms with E-state index in [1.54, 1.807) is 13.2 Å². The van der Waals surface area contributed by atoms with Crippen molar-refractivity contribution in [3.05, 3.63) is 22.7 Å². The smallest absolute Gasteiger partial charge is 0.244 e. The van der Waals surface area contributed by atoms with Gasteiger partial charge in [-0.1, -0.05) is 18.5 Å². The van der Waals surface area contributed by atoms with Crippen molar-refractivity contribution in [1.82, 2.24) is 4.72 Å². The van der Waals surface area contributed by atoms with Crippen LogP contribution in [0.5, 0.6) is 5.75 Å². The van der Waals surface area contributed by atoms with E-state index in [0.717, 1.165) is 0 Å². The van der Waals surface area contributed by atoms with Gasteiger partial charge in [0.2, 0.25) is 10.0 Å². The normalized spacial score (nSPS) is 13.2. The van der Waals surface area contributed by atoms with Crippen molar-refractivity contribution in [2.45, 2.75) is 18.4 Å². The van der Waals surface area contributed by atoms with Crippen molar-refractivity contribution in [2.24, 2.45) is 11.7 Å². The molecule has 1 atom stereocenters. The quantitative estimate of drug-likeness (QED) is 0.748. The van der Waals surface area contributed by atoms with Crippen molar-refractivity contribution in [2.75, 3.05) is 27.4 Å². The van der Waals surface area contributed by atoms with Gasteiger partial charge in [-0.2, -0.15) is 0 Å². The molecule has 120 valence electrons. The highest BCUT2D eigenvalue weighted by Gasteiger charge is 2.23. The van der Waals surface area contributed by atoms with E-state index in [-0.39, 0.29) is 29.7 Å². The van der Waals surface area contributed by atoms with Gasteiger partial charge >= 0.3 is 0 Å². The highest BCUT2D eigenvalue weighted by atomic mass is 35.5. The zero-order chi connectivity index (χ0) is 16.0. The van der Waals surface area contributed by atoms with Crippen LogP contribution in [0.1, 0.15) is 12.5 Å². The molecule has 21 heavy (non-hydrogen) atoms. The summed E-state index contributed by atoms with van der Waals surface area (Å²) in [7, 11) is -0.776. The third-order valence-electron chi connectivity index (χ3n) is 2.88. The number of benzene rings is 1. The van der Waals surface area contributed by atoms with E-state index in [2.05, 4.69) is 4.72 Å². The van der Waals surface area contributed by atoms with E-state index in [0.29, 0.717) is 17.2 Å². The van der Waals surface area contributed by atoms with Gasteiger partial charge < -0.3 is 15.2 Å². The first kappa shape index (κ1) is 18.2. The molecule has 0 amide bonds. The highest BCUT2D eigenvalue weighted by Crippen LogP contribution is 2.31. The zero-order valence-corrected chi connectivity index (χ0v) is 13.9. The van der Waals surface area contributed by atoms with Crippen LogP contribution < -0.4 is 15.2 Å². The van der Waals surface area contributed by atoms with Crippen LogP contribution in [0.15, 0.2) is 17.0 Å². The number of halogens is 1. The summed E-state index contributed by atoms with van der Waals surface area (Å²) in [5.41, 5.74) is 6.14. The molecule has 6 nitrogen and oxygen atoms in total. The lowest BCUT2D eigenvalue weighted by molar-refractivity contribution is 0.161. The molecule has 0 fully saturated rings. The number of nitrogens with one attached hydrogen (secondary N) is 1. The van der Waals surface area contributed by atoms with Crippen molar-refractivity contribution < 1.29 is 17.9 Å². The minimum absolute atomic E-state index is 0.0115. The molecular formula is C13H21ClN2O4S. The molecule has 1 aromatic carbocycles. The number of ether oxygens (including phenoxy) is 2. The molecule has 0 bridgehead atoms. The molecular weight excluding hydrogens is 316 g/mol. The molecule has 0 spiro atoms. The van der Waals surface area contributed by atoms with Crippen LogP contribution in [0.4, 0.5) is 0 Å². The maximum atomic E-state index is 12.4. The van der Waals surface area contributed by atoms with Gasteiger partial charge in [-0.05, 0) is 18.1 Å². The molecule has 0 saturated heterocycles. The summed E-state index contributed by atoms with van der Waals surface area (Å²) in [4.78, 5) is -0.0115. The van der Waals surface area contributed by atoms with Crippen LogP contribution in [0.3, 0.4) is 0 Å². The predicted molar refractivity (Wildman–Crippen MR) is 82.1 cm³/mol. The molecule has 0 aliphatic rings. The van der Waals surface area contributed by atoms with Gasteiger partial charge in [0.25, 0.3) is 0 Å². The predicted octanol–water partition coefficient (Wildman–Crippen LogP) is 1.37. The number of methoxy groups -OCH3 is 2. The van der Waals surface area contributed by atoms with Crippen molar-refractivity contribution in [3.8, 4) is 5.75 Å². The Hall–Kier alpha value is -0.860. The molecule has 0 heterocycles. The largest absolute Gasteiger partial charge is 0.495 e. The first-order chi connectivity index (χ1) is 9.85. The van der Waals surface area contributed by atoms with E-state index in [4.69, 9.17) is 26.8 Å². The third-order valence-corrected chi connectivity index (χ3v) is 4.53. The third kappa shape index (κ3) is 4.82. The maximum Gasteiger partial charge on any atom is 0.244 e. The molecule has 1 unspecified atom stereocenters. The average Bonchev–Trinajstić information content (AvgIpc) is 2.44. The van der Waals surface area contributed by atoms with E-state index in [1.807, 2.05) is 6.92 Å². The number of sulfonamides is 1. The molecule has 8 heteroatoms. The Kier molecular flexibility index (Phi) is 6.89. The van der Waals surface area contributed by atoms with Crippen LogP contribution in [0, 0.1) is 5.92 Å². The molecule has 3 N–H and O–H groups in total. The fourth-order valence-corrected chi connectivity index (χ4v) is 3.58. The van der Waals surface area contributed by atoms with Crippen molar-refractivity contribution in [3.63, 3.8) is 0 Å². The minimum atomic E-state index is -3.74. The number of rotatable bonds is 8. The highest BCUT2D eigenvalue weighted by molar-refractivity contribution is 7.89. The topological polar surface area (TPSA) is 90.7 Å². The van der Waals surface area contributed by atoms with Crippen molar-refractivity contribution in [1.29, 1.82) is 0 Å². The summed E-state index contributed by atoms with van der Waals surface area (Å²) in [6.07, 6.45) is 0. The summed E-state index contributed by atoms with van der Waals surface area (Å²) in [6.45, 7) is 2.73. The average molecular weight is 337 g/mol. The Morgan fingerprint density at radius 2 is 2.05 bits per heavy atom. The van der Waals surface area contributed by atoms with Gasteiger partial charge in [0, 0.05) is 37.4 Å². The van der Waals surface area contributed by atoms with Crippen LogP contribution >= 0.6 is 11.6 Å². The number of hydrogen-bond donors (Lipinski definition) is 2. The molecule has 0 saturated carbocycles. The van der Waals surface area contributed by atoms with Gasteiger partial charge in [0.05, 0.1) is 7.11 Å². The molecule has 0 aliphatic heterocycles. The Labute approximate surface area is 130 Å². The van der Waals surface area contributed by atoms with Gasteiger partial charge in [0.15, 0.2) is 0 Å². The fourth-order valence-electron chi connectivity index (χ4n) is 1.88. The van der Waals surface area contributed by atoms with Crippen molar-refractivity contribution >= 4 is 21.6 Å². The Bertz CT molecular complexity index is 578. The molecule has 1 rings (SSSR count). The van der Waals surface area contributed by atoms with E-state index in [1.165, 1.54) is 13.2 Å². The standard InChI is InChI=1S/C13H21ClN2O4S/c1-9(8-19-2)7-16-21(17,18)12-5-11(14)4-10(6-15)13(12)20-3/h4-5,9,16H,6-8,15H2,1-3H3. The Morgan fingerprint density at radius 3 is 2.57 bits per heavy atom. The summed E-state index contributed by atoms with van der Waals surface area (Å²) >= 11 is 5.95. The van der Waals surface area contributed by atoms with Gasteiger partial charge in [-0.15, -0.1) is 0 Å². The molecule has 1 aromatic rings. The second kappa shape index (κ2) is 7.95. The van der Waals surface area contributed by atoms with E-state index >= 15 is 0 Å². The Balaban J connectivity index is 3.10. The number of nitrogens with two attached hydrogens (primary N) is 1. The second-order valence-electron chi connectivity index (χ2n) is 4.71. The summed E-state index contributed by atoms with van der Waals surface area (Å²) in [5, 5.41) is 0.293. The monoisotopic (exact) mass is 336 g/mol. The lowest BCUT2D eigenvalue weighted by Gasteiger charge is -2.16. The molecule has 0 radical (unpaired) electrons. The lowest BCUT2D eigenvalue weighted by atomic mass is 10.2.